The van der Waals surface area contributed by atoms with Crippen molar-refractivity contribution in [2.75, 3.05) is 5.75 Å². The van der Waals surface area contributed by atoms with Crippen LogP contribution in [0, 0.1) is 17.8 Å². The zero-order chi connectivity index (χ0) is 12.4. The number of aliphatic imine (C=N–C) groups is 1. The van der Waals surface area contributed by atoms with Crippen LogP contribution in [0.15, 0.2) is 4.99 Å². The van der Waals surface area contributed by atoms with Crippen LogP contribution < -0.4 is 5.32 Å². The normalized spacial score (nSPS) is 43.1. The van der Waals surface area contributed by atoms with E-state index in [9.17, 15) is 0 Å². The van der Waals surface area contributed by atoms with Crippen molar-refractivity contribution in [1.29, 1.82) is 0 Å². The Kier molecular flexibility index (Phi) is 4.40. The Hall–Kier alpha value is -0.180. The van der Waals surface area contributed by atoms with Crippen molar-refractivity contribution >= 4 is 16.9 Å². The molecule has 17 heavy (non-hydrogen) atoms. The van der Waals surface area contributed by atoms with Crippen molar-refractivity contribution in [1.82, 2.24) is 5.32 Å². The van der Waals surface area contributed by atoms with Gasteiger partial charge in [-0.25, -0.2) is 0 Å². The maximum absolute atomic E-state index is 4.77. The zero-order valence-corrected chi connectivity index (χ0v) is 12.4. The van der Waals surface area contributed by atoms with Crippen LogP contribution in [0.1, 0.15) is 47.0 Å². The first-order valence-corrected chi connectivity index (χ1v) is 8.02. The second-order valence-corrected chi connectivity index (χ2v) is 7.08. The molecule has 1 N–H and O–H groups in total. The van der Waals surface area contributed by atoms with Gasteiger partial charge in [0.2, 0.25) is 0 Å². The summed E-state index contributed by atoms with van der Waals surface area (Å²) in [4.78, 5) is 4.77. The number of hydrogen-bond donors (Lipinski definition) is 1. The molecule has 0 aromatic rings. The van der Waals surface area contributed by atoms with Crippen molar-refractivity contribution in [2.24, 2.45) is 22.7 Å². The van der Waals surface area contributed by atoms with Crippen LogP contribution in [0.25, 0.3) is 0 Å². The first-order valence-electron chi connectivity index (χ1n) is 7.03. The minimum absolute atomic E-state index is 0.485. The fourth-order valence-corrected chi connectivity index (χ4v) is 3.82. The summed E-state index contributed by atoms with van der Waals surface area (Å²) < 4.78 is 0. The van der Waals surface area contributed by atoms with Crippen molar-refractivity contribution in [2.45, 2.75) is 59.0 Å². The molecule has 5 atom stereocenters. The van der Waals surface area contributed by atoms with Crippen LogP contribution >= 0.6 is 11.8 Å². The van der Waals surface area contributed by atoms with Crippen LogP contribution in [0.5, 0.6) is 0 Å². The Morgan fingerprint density at radius 1 is 1.06 bits per heavy atom. The molecule has 2 nitrogen and oxygen atoms in total. The van der Waals surface area contributed by atoms with Gasteiger partial charge in [0, 0.05) is 11.8 Å². The average molecular weight is 254 g/mol. The fraction of sp³-hybridized carbons (Fsp3) is 0.929. The highest BCUT2D eigenvalue weighted by Gasteiger charge is 2.26. The Morgan fingerprint density at radius 2 is 1.82 bits per heavy atom. The number of nitrogens with one attached hydrogen (secondary N) is 1. The number of amidine groups is 1. The topological polar surface area (TPSA) is 24.4 Å². The fourth-order valence-electron chi connectivity index (χ4n) is 2.63. The third-order valence-corrected chi connectivity index (χ3v) is 5.74. The lowest BCUT2D eigenvalue weighted by molar-refractivity contribution is 0.240. The number of rotatable bonds is 1. The van der Waals surface area contributed by atoms with E-state index in [1.807, 2.05) is 11.8 Å². The molecule has 3 heteroatoms. The molecule has 0 aromatic heterocycles. The average Bonchev–Trinajstić information content (AvgIpc) is 2.29. The van der Waals surface area contributed by atoms with E-state index in [2.05, 4.69) is 33.0 Å². The van der Waals surface area contributed by atoms with E-state index in [4.69, 9.17) is 4.99 Å². The van der Waals surface area contributed by atoms with Gasteiger partial charge in [-0.15, -0.1) is 0 Å². The highest BCUT2D eigenvalue weighted by molar-refractivity contribution is 8.13. The van der Waals surface area contributed by atoms with Gasteiger partial charge in [-0.05, 0) is 43.9 Å². The predicted molar refractivity (Wildman–Crippen MR) is 77.6 cm³/mol. The highest BCUT2D eigenvalue weighted by Crippen LogP contribution is 2.30. The number of hydrogen-bond acceptors (Lipinski definition) is 3. The molecule has 2 rings (SSSR count). The van der Waals surface area contributed by atoms with Crippen molar-refractivity contribution in [3.05, 3.63) is 0 Å². The van der Waals surface area contributed by atoms with Crippen LogP contribution in [-0.2, 0) is 0 Å². The molecule has 0 radical (unpaired) electrons. The molecule has 1 heterocycles. The summed E-state index contributed by atoms with van der Waals surface area (Å²) >= 11 is 1.91. The second kappa shape index (κ2) is 5.64. The van der Waals surface area contributed by atoms with Gasteiger partial charge in [-0.1, -0.05) is 32.5 Å². The molecule has 0 amide bonds. The lowest BCUT2D eigenvalue weighted by Crippen LogP contribution is -2.41. The Labute approximate surface area is 110 Å². The molecule has 98 valence electrons. The standard InChI is InChI=1S/C14H26N2S/c1-9-5-6-13(7-10(9)2)16-14-15-12(4)11(3)8-17-14/h9-13H,5-8H2,1-4H3,(H,15,16). The molecule has 0 saturated heterocycles. The molecule has 1 aliphatic heterocycles. The molecular formula is C14H26N2S. The number of thioether (sulfide) groups is 1. The molecule has 0 spiro atoms. The van der Waals surface area contributed by atoms with Gasteiger partial charge >= 0.3 is 0 Å². The second-order valence-electron chi connectivity index (χ2n) is 6.07. The van der Waals surface area contributed by atoms with Gasteiger partial charge < -0.3 is 5.32 Å². The van der Waals surface area contributed by atoms with E-state index in [-0.39, 0.29) is 0 Å². The minimum atomic E-state index is 0.485. The van der Waals surface area contributed by atoms with E-state index in [1.165, 1.54) is 30.2 Å². The largest absolute Gasteiger partial charge is 0.362 e. The summed E-state index contributed by atoms with van der Waals surface area (Å²) in [5.74, 6) is 3.68. The lowest BCUT2D eigenvalue weighted by atomic mass is 9.79. The quantitative estimate of drug-likeness (QED) is 0.774. The smallest absolute Gasteiger partial charge is 0.157 e. The van der Waals surface area contributed by atoms with E-state index < -0.39 is 0 Å². The molecule has 0 aromatic carbocycles. The third kappa shape index (κ3) is 3.40. The summed E-state index contributed by atoms with van der Waals surface area (Å²) in [6.45, 7) is 9.30. The predicted octanol–water partition coefficient (Wildman–Crippen LogP) is 3.53. The van der Waals surface area contributed by atoms with Crippen LogP contribution in [0.2, 0.25) is 0 Å². The first-order chi connectivity index (χ1) is 8.06. The molecule has 1 saturated carbocycles. The van der Waals surface area contributed by atoms with Gasteiger partial charge in [-0.3, -0.25) is 4.99 Å². The van der Waals surface area contributed by atoms with E-state index in [0.717, 1.165) is 17.8 Å². The summed E-state index contributed by atoms with van der Waals surface area (Å²) in [6.07, 6.45) is 3.99. The third-order valence-electron chi connectivity index (χ3n) is 4.55. The summed E-state index contributed by atoms with van der Waals surface area (Å²) in [6, 6.07) is 1.15. The van der Waals surface area contributed by atoms with Gasteiger partial charge in [0.05, 0.1) is 6.04 Å². The van der Waals surface area contributed by atoms with Gasteiger partial charge in [0.15, 0.2) is 5.17 Å². The van der Waals surface area contributed by atoms with E-state index >= 15 is 0 Å². The minimum Gasteiger partial charge on any atom is -0.362 e. The molecule has 1 fully saturated rings. The first kappa shape index (κ1) is 13.3. The maximum Gasteiger partial charge on any atom is 0.157 e. The van der Waals surface area contributed by atoms with Gasteiger partial charge in [-0.2, -0.15) is 0 Å². The van der Waals surface area contributed by atoms with E-state index in [0.29, 0.717) is 12.1 Å². The summed E-state index contributed by atoms with van der Waals surface area (Å²) in [7, 11) is 0. The molecule has 2 aliphatic rings. The Morgan fingerprint density at radius 3 is 2.47 bits per heavy atom. The SMILES string of the molecule is CC1CCC(NC2=NC(C)C(C)CS2)CC1C. The Balaban J connectivity index is 1.87. The molecule has 5 unspecified atom stereocenters. The summed E-state index contributed by atoms with van der Waals surface area (Å²) in [5, 5.41) is 4.87. The number of nitrogens with zero attached hydrogens (tertiary/aromatic N) is 1. The van der Waals surface area contributed by atoms with Crippen molar-refractivity contribution < 1.29 is 0 Å². The van der Waals surface area contributed by atoms with Crippen LogP contribution in [-0.4, -0.2) is 23.0 Å². The zero-order valence-electron chi connectivity index (χ0n) is 11.6. The highest BCUT2D eigenvalue weighted by atomic mass is 32.2. The molecular weight excluding hydrogens is 228 g/mol. The van der Waals surface area contributed by atoms with Crippen molar-refractivity contribution in [3.8, 4) is 0 Å². The van der Waals surface area contributed by atoms with Crippen LogP contribution in [0.4, 0.5) is 0 Å². The van der Waals surface area contributed by atoms with Crippen molar-refractivity contribution in [3.63, 3.8) is 0 Å². The Bertz CT molecular complexity index is 290. The van der Waals surface area contributed by atoms with Gasteiger partial charge in [0.25, 0.3) is 0 Å². The summed E-state index contributed by atoms with van der Waals surface area (Å²) in [5.41, 5.74) is 0. The van der Waals surface area contributed by atoms with Crippen LogP contribution in [0.3, 0.4) is 0 Å². The monoisotopic (exact) mass is 254 g/mol. The molecule has 1 aliphatic carbocycles. The van der Waals surface area contributed by atoms with E-state index in [1.54, 1.807) is 0 Å². The van der Waals surface area contributed by atoms with Gasteiger partial charge in [0.1, 0.15) is 0 Å². The molecule has 0 bridgehead atoms. The maximum atomic E-state index is 4.77. The lowest BCUT2D eigenvalue weighted by Gasteiger charge is -2.34.